The zero-order valence-corrected chi connectivity index (χ0v) is 21.5. The van der Waals surface area contributed by atoms with Gasteiger partial charge in [-0.3, -0.25) is 18.2 Å². The molecule has 0 saturated carbocycles. The lowest BCUT2D eigenvalue weighted by molar-refractivity contribution is 0.492. The van der Waals surface area contributed by atoms with Crippen LogP contribution < -0.4 is 10.6 Å². The summed E-state index contributed by atoms with van der Waals surface area (Å²) in [6.45, 7) is 0. The fourth-order valence-corrected chi connectivity index (χ4v) is 23.6. The summed E-state index contributed by atoms with van der Waals surface area (Å²) in [7, 11) is -22.1. The molecule has 18 heteroatoms. The lowest BCUT2D eigenvalue weighted by Crippen LogP contribution is -2.31. The highest BCUT2D eigenvalue weighted by atomic mass is 33.2. The molecule has 0 fully saturated rings. The second-order valence-corrected chi connectivity index (χ2v) is 29.2. The fourth-order valence-electron chi connectivity index (χ4n) is 3.29. The molecule has 33 heavy (non-hydrogen) atoms. The summed E-state index contributed by atoms with van der Waals surface area (Å²) in [6, 6.07) is 11.8. The highest BCUT2D eigenvalue weighted by Gasteiger charge is 2.68. The minimum Gasteiger partial charge on any atom is -0.256 e. The molecule has 12 nitrogen and oxygen atoms in total. The van der Waals surface area contributed by atoms with Gasteiger partial charge in [0.2, 0.25) is 0 Å². The van der Waals surface area contributed by atoms with Crippen LogP contribution in [0.25, 0.3) is 0 Å². The first-order valence-corrected chi connectivity index (χ1v) is 20.8. The maximum absolute atomic E-state index is 12.3. The van der Waals surface area contributed by atoms with Gasteiger partial charge in [-0.05, 0) is 24.3 Å². The van der Waals surface area contributed by atoms with Crippen molar-refractivity contribution in [3.8, 4) is 0 Å². The van der Waals surface area contributed by atoms with E-state index in [0.717, 1.165) is 24.3 Å². The van der Waals surface area contributed by atoms with E-state index < -0.39 is 79.6 Å². The van der Waals surface area contributed by atoms with Gasteiger partial charge < -0.3 is 0 Å². The molecule has 0 heterocycles. The Balaban J connectivity index is 2.71. The summed E-state index contributed by atoms with van der Waals surface area (Å²) in [5.74, 6) is 0. The van der Waals surface area contributed by atoms with E-state index in [4.69, 9.17) is 0 Å². The second-order valence-electron chi connectivity index (χ2n) is 6.61. The first-order valence-electron chi connectivity index (χ1n) is 8.69. The van der Waals surface area contributed by atoms with Crippen LogP contribution in [0.2, 0.25) is 0 Å². The van der Waals surface area contributed by atoms with Crippen LogP contribution in [0.3, 0.4) is 0 Å². The van der Waals surface area contributed by atoms with Gasteiger partial charge in [-0.1, -0.05) is 36.4 Å². The minimum absolute atomic E-state index is 0.489. The highest BCUT2D eigenvalue weighted by molar-refractivity contribution is 8.89. The Hall–Kier alpha value is -1.06. The molecule has 0 unspecified atom stereocenters. The molecule has 0 amide bonds. The molecule has 0 aliphatic rings. The Kier molecular flexibility index (Phi) is 8.14. The number of rotatable bonds is 10. The zero-order valence-electron chi connectivity index (χ0n) is 16.5. The predicted octanol–water partition coefficient (Wildman–Crippen LogP) is 1.27. The normalized spacial score (nSPS) is 14.2. The maximum Gasteiger partial charge on any atom is 0.404 e. The van der Waals surface area contributed by atoms with Crippen molar-refractivity contribution < 1.29 is 51.9 Å². The van der Waals surface area contributed by atoms with Crippen LogP contribution in [-0.2, 0) is 39.0 Å². The predicted molar refractivity (Wildman–Crippen MR) is 127 cm³/mol. The third-order valence-electron chi connectivity index (χ3n) is 4.69. The number of hydrogen-bond acceptors (Lipinski definition) is 8. The van der Waals surface area contributed by atoms with Gasteiger partial charge in [0.15, 0.2) is 0 Å². The topological polar surface area (TPSA) is 217 Å². The molecule has 0 spiro atoms. The zero-order chi connectivity index (χ0) is 25.3. The van der Waals surface area contributed by atoms with Gasteiger partial charge in [0.25, 0.3) is 0 Å². The molecule has 0 aromatic heterocycles. The summed E-state index contributed by atoms with van der Waals surface area (Å²) in [5.41, 5.74) is -9.96. The van der Waals surface area contributed by atoms with Gasteiger partial charge in [-0.2, -0.15) is 33.7 Å². The van der Waals surface area contributed by atoms with Gasteiger partial charge >= 0.3 is 50.3 Å². The minimum atomic E-state index is -5.53. The van der Waals surface area contributed by atoms with E-state index in [1.165, 1.54) is 36.4 Å². The molecule has 2 aromatic carbocycles. The summed E-state index contributed by atoms with van der Waals surface area (Å²) >= 11 is 0. The molecule has 0 bridgehead atoms. The van der Waals surface area contributed by atoms with Crippen molar-refractivity contribution in [2.45, 2.75) is 6.42 Å². The van der Waals surface area contributed by atoms with Crippen LogP contribution in [0.4, 0.5) is 0 Å². The van der Waals surface area contributed by atoms with Gasteiger partial charge in [-0.25, -0.2) is 0 Å². The Bertz CT molecular complexity index is 1250. The van der Waals surface area contributed by atoms with Crippen LogP contribution in [-0.4, -0.2) is 64.2 Å². The summed E-state index contributed by atoms with van der Waals surface area (Å²) in [6.07, 6.45) is -3.06. The lowest BCUT2D eigenvalue weighted by Gasteiger charge is -2.22. The van der Waals surface area contributed by atoms with E-state index in [1.807, 2.05) is 0 Å². The molecule has 0 aliphatic heterocycles. The Morgan fingerprint density at radius 1 is 0.485 bits per heavy atom. The second kappa shape index (κ2) is 9.53. The van der Waals surface area contributed by atoms with Crippen molar-refractivity contribution in [3.63, 3.8) is 0 Å². The van der Waals surface area contributed by atoms with Crippen LogP contribution in [0, 0.1) is 0 Å². The van der Waals surface area contributed by atoms with Gasteiger partial charge in [-0.15, -0.1) is 0 Å². The van der Waals surface area contributed by atoms with Crippen molar-refractivity contribution in [1.29, 1.82) is 0 Å². The monoisotopic (exact) mass is 582 g/mol. The average molecular weight is 583 g/mol. The Labute approximate surface area is 191 Å². The largest absolute Gasteiger partial charge is 0.404 e. The van der Waals surface area contributed by atoms with Crippen LogP contribution in [0.1, 0.15) is 6.42 Å². The van der Waals surface area contributed by atoms with Crippen molar-refractivity contribution in [2.24, 2.45) is 0 Å². The van der Waals surface area contributed by atoms with E-state index in [-0.39, 0.29) is 0 Å². The molecule has 0 saturated heterocycles. The summed E-state index contributed by atoms with van der Waals surface area (Å²) in [4.78, 5) is 0. The van der Waals surface area contributed by atoms with Crippen LogP contribution >= 0.6 is 11.3 Å². The number of benzene rings is 2. The molecule has 2 aromatic rings. The summed E-state index contributed by atoms with van der Waals surface area (Å²) < 4.78 is 137. The van der Waals surface area contributed by atoms with Crippen molar-refractivity contribution in [2.75, 3.05) is 12.3 Å². The average Bonchev–Trinajstić information content (AvgIpc) is 2.65. The fraction of sp³-hybridized carbons (Fsp3) is 0.200. The first-order chi connectivity index (χ1) is 14.9. The third kappa shape index (κ3) is 5.15. The van der Waals surface area contributed by atoms with Crippen molar-refractivity contribution in [1.82, 2.24) is 0 Å². The third-order valence-corrected chi connectivity index (χ3v) is 32.1. The van der Waals surface area contributed by atoms with E-state index in [0.29, 0.717) is 0 Å². The molecule has 2 rings (SSSR count). The molecular weight excluding hydrogens is 562 g/mol. The maximum atomic E-state index is 12.3. The quantitative estimate of drug-likeness (QED) is 0.230. The highest BCUT2D eigenvalue weighted by Crippen LogP contribution is 2.71. The van der Waals surface area contributed by atoms with Gasteiger partial charge in [0.05, 0.1) is 0 Å². The van der Waals surface area contributed by atoms with Gasteiger partial charge in [0.1, 0.15) is 22.9 Å². The number of hydrogen-bond donors (Lipinski definition) is 4. The Morgan fingerprint density at radius 3 is 0.939 bits per heavy atom. The molecule has 0 atom stereocenters. The SMILES string of the molecule is O=S(=O)(O)[P+](CCC[P+](c1ccccc1)(S(=O)(=O)O)S(=O)(=O)O)(c1ccccc1)S(=O)(=O)O. The van der Waals surface area contributed by atoms with E-state index >= 15 is 0 Å². The summed E-state index contributed by atoms with van der Waals surface area (Å²) in [5, 5.41) is -0.977. The smallest absolute Gasteiger partial charge is 0.256 e. The van der Waals surface area contributed by atoms with Crippen molar-refractivity contribution in [3.05, 3.63) is 60.7 Å². The van der Waals surface area contributed by atoms with E-state index in [2.05, 4.69) is 0 Å². The molecule has 184 valence electrons. The molecule has 4 N–H and O–H groups in total. The van der Waals surface area contributed by atoms with Crippen molar-refractivity contribution >= 4 is 60.9 Å². The standard InChI is InChI=1S/C15H18O12P2S4/c16-30(17,18)28(31(19,20)21,14-8-3-1-4-9-14)12-7-13-29(32(22,23)24,33(25,26)27)15-10-5-2-6-11-15/h1-6,8-11H,7,12-13H2,(H2-2,16,17,18,19,20,21,22,23,24,25,26,27)/p+2. The Morgan fingerprint density at radius 2 is 0.727 bits per heavy atom. The van der Waals surface area contributed by atoms with Crippen LogP contribution in [0.15, 0.2) is 60.7 Å². The molecular formula is C15H20O12P2S4+2. The molecule has 0 radical (unpaired) electrons. The van der Waals surface area contributed by atoms with E-state index in [1.54, 1.807) is 0 Å². The van der Waals surface area contributed by atoms with E-state index in [9.17, 15) is 51.9 Å². The lowest BCUT2D eigenvalue weighted by atomic mass is 10.4. The van der Waals surface area contributed by atoms with Crippen LogP contribution in [0.5, 0.6) is 0 Å². The first kappa shape index (κ1) is 28.2. The molecule has 0 aliphatic carbocycles. The van der Waals surface area contributed by atoms with Gasteiger partial charge in [0, 0.05) is 6.42 Å².